The second-order valence-corrected chi connectivity index (χ2v) is 5.38. The predicted octanol–water partition coefficient (Wildman–Crippen LogP) is 0.450. The van der Waals surface area contributed by atoms with Crippen LogP contribution in [0, 0.1) is 5.41 Å². The number of carbonyl (C=O) groups is 2. The molecule has 0 amide bonds. The summed E-state index contributed by atoms with van der Waals surface area (Å²) in [5.74, 6) is -0.511. The summed E-state index contributed by atoms with van der Waals surface area (Å²) in [7, 11) is 2.76. The van der Waals surface area contributed by atoms with E-state index in [1.54, 1.807) is 0 Å². The third kappa shape index (κ3) is 4.80. The van der Waals surface area contributed by atoms with E-state index < -0.39 is 5.41 Å². The van der Waals surface area contributed by atoms with Crippen LogP contribution in [0.1, 0.15) is 20.3 Å². The van der Waals surface area contributed by atoms with Gasteiger partial charge >= 0.3 is 11.9 Å². The number of rotatable bonds is 5. The lowest BCUT2D eigenvalue weighted by atomic mass is 9.92. The van der Waals surface area contributed by atoms with E-state index in [-0.39, 0.29) is 24.5 Å². The van der Waals surface area contributed by atoms with E-state index in [0.717, 1.165) is 6.54 Å². The summed E-state index contributed by atoms with van der Waals surface area (Å²) in [6.45, 7) is 6.21. The molecule has 0 spiro atoms. The molecule has 0 N–H and O–H groups in total. The number of morpholine rings is 1. The zero-order valence-corrected chi connectivity index (χ0v) is 12.1. The molecule has 6 nitrogen and oxygen atoms in total. The smallest absolute Gasteiger partial charge is 0.312 e. The minimum absolute atomic E-state index is 0.172. The monoisotopic (exact) mass is 273 g/mol. The molecule has 110 valence electrons. The lowest BCUT2D eigenvalue weighted by Gasteiger charge is -2.36. The van der Waals surface area contributed by atoms with Gasteiger partial charge in [-0.1, -0.05) is 0 Å². The molecular formula is C13H23NO5. The van der Waals surface area contributed by atoms with Crippen LogP contribution >= 0.6 is 0 Å². The number of hydrogen-bond donors (Lipinski definition) is 0. The summed E-state index contributed by atoms with van der Waals surface area (Å²) in [4.78, 5) is 25.0. The lowest BCUT2D eigenvalue weighted by Crippen LogP contribution is -2.48. The SMILES string of the molecule is COC(=O)CC1CN(CC(C)(C)C(=O)OC)CCO1. The Labute approximate surface area is 114 Å². The number of methoxy groups -OCH3 is 2. The van der Waals surface area contributed by atoms with Crippen molar-refractivity contribution in [1.29, 1.82) is 0 Å². The summed E-state index contributed by atoms with van der Waals surface area (Å²) < 4.78 is 15.0. The Morgan fingerprint density at radius 2 is 2.00 bits per heavy atom. The van der Waals surface area contributed by atoms with Crippen LogP contribution in [0.25, 0.3) is 0 Å². The molecule has 1 aliphatic heterocycles. The predicted molar refractivity (Wildman–Crippen MR) is 68.6 cm³/mol. The standard InChI is InChI=1S/C13H23NO5/c1-13(2,12(16)18-4)9-14-5-6-19-10(8-14)7-11(15)17-3/h10H,5-9H2,1-4H3. The van der Waals surface area contributed by atoms with E-state index in [4.69, 9.17) is 9.47 Å². The molecule has 0 aliphatic carbocycles. The third-order valence-electron chi connectivity index (χ3n) is 3.20. The molecule has 1 rings (SSSR count). The van der Waals surface area contributed by atoms with Gasteiger partial charge in [-0.15, -0.1) is 0 Å². The summed E-state index contributed by atoms with van der Waals surface area (Å²) in [6, 6.07) is 0. The van der Waals surface area contributed by atoms with Crippen LogP contribution in [-0.2, 0) is 23.8 Å². The molecule has 1 unspecified atom stereocenters. The average Bonchev–Trinajstić information content (AvgIpc) is 2.37. The molecule has 1 saturated heterocycles. The van der Waals surface area contributed by atoms with Gasteiger partial charge in [-0.2, -0.15) is 0 Å². The van der Waals surface area contributed by atoms with E-state index in [1.165, 1.54) is 14.2 Å². The summed E-state index contributed by atoms with van der Waals surface area (Å²) >= 11 is 0. The first-order chi connectivity index (χ1) is 8.89. The maximum atomic E-state index is 11.7. The van der Waals surface area contributed by atoms with Crippen molar-refractivity contribution < 1.29 is 23.8 Å². The Morgan fingerprint density at radius 3 is 2.58 bits per heavy atom. The zero-order valence-electron chi connectivity index (χ0n) is 12.1. The topological polar surface area (TPSA) is 65.1 Å². The van der Waals surface area contributed by atoms with Crippen LogP contribution in [0.2, 0.25) is 0 Å². The van der Waals surface area contributed by atoms with E-state index in [1.807, 2.05) is 13.8 Å². The zero-order chi connectivity index (χ0) is 14.5. The van der Waals surface area contributed by atoms with Gasteiger partial charge in [0.2, 0.25) is 0 Å². The van der Waals surface area contributed by atoms with Gasteiger partial charge in [0.1, 0.15) is 0 Å². The van der Waals surface area contributed by atoms with Crippen LogP contribution in [0.5, 0.6) is 0 Å². The largest absolute Gasteiger partial charge is 0.469 e. The molecular weight excluding hydrogens is 250 g/mol. The number of hydrogen-bond acceptors (Lipinski definition) is 6. The van der Waals surface area contributed by atoms with Crippen LogP contribution in [0.4, 0.5) is 0 Å². The summed E-state index contributed by atoms with van der Waals surface area (Å²) in [5, 5.41) is 0. The first-order valence-electron chi connectivity index (χ1n) is 6.38. The van der Waals surface area contributed by atoms with Gasteiger partial charge in [0.05, 0.1) is 38.8 Å². The molecule has 0 bridgehead atoms. The van der Waals surface area contributed by atoms with Gasteiger partial charge in [0.15, 0.2) is 0 Å². The second-order valence-electron chi connectivity index (χ2n) is 5.38. The Hall–Kier alpha value is -1.14. The summed E-state index contributed by atoms with van der Waals surface area (Å²) in [5.41, 5.74) is -0.568. The molecule has 1 aliphatic rings. The number of ether oxygens (including phenoxy) is 3. The molecule has 0 aromatic rings. The molecule has 19 heavy (non-hydrogen) atoms. The number of esters is 2. The Bertz CT molecular complexity index is 329. The lowest BCUT2D eigenvalue weighted by molar-refractivity contribution is -0.154. The highest BCUT2D eigenvalue weighted by Crippen LogP contribution is 2.21. The fourth-order valence-corrected chi connectivity index (χ4v) is 2.22. The van der Waals surface area contributed by atoms with Gasteiger partial charge in [0.25, 0.3) is 0 Å². The molecule has 1 heterocycles. The van der Waals surface area contributed by atoms with E-state index in [0.29, 0.717) is 19.7 Å². The van der Waals surface area contributed by atoms with Crippen molar-refractivity contribution in [2.24, 2.45) is 5.41 Å². The quantitative estimate of drug-likeness (QED) is 0.678. The van der Waals surface area contributed by atoms with E-state index >= 15 is 0 Å². The highest BCUT2D eigenvalue weighted by atomic mass is 16.5. The van der Waals surface area contributed by atoms with Gasteiger partial charge in [-0.25, -0.2) is 0 Å². The average molecular weight is 273 g/mol. The minimum Gasteiger partial charge on any atom is -0.469 e. The maximum Gasteiger partial charge on any atom is 0.312 e. The second kappa shape index (κ2) is 6.86. The highest BCUT2D eigenvalue weighted by Gasteiger charge is 2.33. The molecule has 0 aromatic carbocycles. The first kappa shape index (κ1) is 15.9. The molecule has 0 aromatic heterocycles. The van der Waals surface area contributed by atoms with Crippen molar-refractivity contribution in [1.82, 2.24) is 4.90 Å². The van der Waals surface area contributed by atoms with Gasteiger partial charge in [-0.05, 0) is 13.8 Å². The molecule has 0 radical (unpaired) electrons. The van der Waals surface area contributed by atoms with Crippen LogP contribution in [0.3, 0.4) is 0 Å². The molecule has 1 atom stereocenters. The number of carbonyl (C=O) groups excluding carboxylic acids is 2. The van der Waals surface area contributed by atoms with Crippen molar-refractivity contribution in [3.05, 3.63) is 0 Å². The van der Waals surface area contributed by atoms with E-state index in [2.05, 4.69) is 9.64 Å². The van der Waals surface area contributed by atoms with Crippen LogP contribution in [-0.4, -0.2) is 63.4 Å². The summed E-state index contributed by atoms with van der Waals surface area (Å²) in [6.07, 6.45) is 0.0701. The van der Waals surface area contributed by atoms with Crippen molar-refractivity contribution in [2.45, 2.75) is 26.4 Å². The van der Waals surface area contributed by atoms with Crippen molar-refractivity contribution >= 4 is 11.9 Å². The molecule has 0 saturated carbocycles. The van der Waals surface area contributed by atoms with Gasteiger partial charge < -0.3 is 14.2 Å². The molecule has 6 heteroatoms. The Balaban J connectivity index is 2.51. The van der Waals surface area contributed by atoms with E-state index in [9.17, 15) is 9.59 Å². The minimum atomic E-state index is -0.568. The normalized spacial score (nSPS) is 20.9. The first-order valence-corrected chi connectivity index (χ1v) is 6.38. The Morgan fingerprint density at radius 1 is 1.32 bits per heavy atom. The van der Waals surface area contributed by atoms with Crippen LogP contribution < -0.4 is 0 Å². The number of nitrogens with zero attached hydrogens (tertiary/aromatic N) is 1. The van der Waals surface area contributed by atoms with Crippen molar-refractivity contribution in [3.8, 4) is 0 Å². The fourth-order valence-electron chi connectivity index (χ4n) is 2.22. The molecule has 1 fully saturated rings. The van der Waals surface area contributed by atoms with Crippen LogP contribution in [0.15, 0.2) is 0 Å². The third-order valence-corrected chi connectivity index (χ3v) is 3.20. The Kier molecular flexibility index (Phi) is 5.75. The van der Waals surface area contributed by atoms with Crippen molar-refractivity contribution in [2.75, 3.05) is 40.5 Å². The van der Waals surface area contributed by atoms with Gasteiger partial charge in [0, 0.05) is 19.6 Å². The van der Waals surface area contributed by atoms with Crippen molar-refractivity contribution in [3.63, 3.8) is 0 Å². The fraction of sp³-hybridized carbons (Fsp3) is 0.846. The maximum absolute atomic E-state index is 11.7. The van der Waals surface area contributed by atoms with Gasteiger partial charge in [-0.3, -0.25) is 14.5 Å². The highest BCUT2D eigenvalue weighted by molar-refractivity contribution is 5.76.